The maximum absolute atomic E-state index is 15.5. The molecule has 1 N–H and O–H groups in total. The number of carbonyl (C=O) groups is 5. The van der Waals surface area contributed by atoms with Gasteiger partial charge in [-0.2, -0.15) is 5.26 Å². The number of ether oxygens (including phenoxy) is 1. The van der Waals surface area contributed by atoms with Gasteiger partial charge in [0.15, 0.2) is 17.4 Å². The number of anilines is 2. The number of halogens is 3. The molecule has 63 heavy (non-hydrogen) atoms. The number of aromatic nitrogens is 2. The summed E-state index contributed by atoms with van der Waals surface area (Å²) in [6.45, 7) is 16.4. The number of nitriles is 1. The van der Waals surface area contributed by atoms with Crippen LogP contribution in [0.25, 0.3) is 0 Å². The molecule has 5 heterocycles. The summed E-state index contributed by atoms with van der Waals surface area (Å²) in [5, 5.41) is 11.7. The number of aryl methyl sites for hydroxylation is 2. The van der Waals surface area contributed by atoms with Crippen molar-refractivity contribution in [2.24, 2.45) is 22.7 Å². The number of hydrogen-bond donors (Lipinski definition) is 1. The molecular weight excluding hydrogens is 834 g/mol. The normalized spacial score (nSPS) is 23.6. The van der Waals surface area contributed by atoms with Crippen molar-refractivity contribution in [1.82, 2.24) is 25.1 Å². The summed E-state index contributed by atoms with van der Waals surface area (Å²) in [6.07, 6.45) is 1.76. The lowest BCUT2D eigenvalue weighted by Gasteiger charge is -2.63. The van der Waals surface area contributed by atoms with E-state index >= 15 is 8.78 Å². The van der Waals surface area contributed by atoms with E-state index in [9.17, 15) is 29.2 Å². The average Bonchev–Trinajstić information content (AvgIpc) is 3.48. The number of carbonyl (C=O) groups excluding carboxylic acids is 5. The van der Waals surface area contributed by atoms with Crippen LogP contribution in [0.15, 0.2) is 24.3 Å². The second kappa shape index (κ2) is 16.5. The minimum atomic E-state index is -1.42. The lowest BCUT2D eigenvalue weighted by Crippen LogP contribution is -2.66. The van der Waals surface area contributed by atoms with Gasteiger partial charge in [-0.1, -0.05) is 39.3 Å². The summed E-state index contributed by atoms with van der Waals surface area (Å²) in [4.78, 5) is 81.0. The van der Waals surface area contributed by atoms with E-state index in [2.05, 4.69) is 48.9 Å². The van der Waals surface area contributed by atoms with E-state index < -0.39 is 46.9 Å². The molecule has 2 aromatic carbocycles. The smallest absolute Gasteiger partial charge is 0.265 e. The van der Waals surface area contributed by atoms with Crippen LogP contribution in [0.2, 0.25) is 5.02 Å². The number of piperazine rings is 1. The first-order chi connectivity index (χ1) is 29.8. The van der Waals surface area contributed by atoms with Gasteiger partial charge in [0.25, 0.3) is 11.8 Å². The third kappa shape index (κ3) is 7.81. The Labute approximate surface area is 369 Å². The number of imide groups is 2. The van der Waals surface area contributed by atoms with E-state index in [1.54, 1.807) is 23.1 Å². The number of ketones is 1. The first kappa shape index (κ1) is 44.1. The SMILES string of the molecule is Cc1nc(N2CCC(CN3CCN(c4cc5c(c(F)c4F)C(=O)N(C4CCC(=O)NC4=O)C5=O)CC3)CC2)nc(C)c1C(=O)CC1C(C)(C)C(Oc2ccc(C#N)c(Cl)c2)C1(C)C. The molecule has 4 fully saturated rings. The quantitative estimate of drug-likeness (QED) is 0.186. The predicted molar refractivity (Wildman–Crippen MR) is 229 cm³/mol. The Morgan fingerprint density at radius 1 is 0.905 bits per heavy atom. The van der Waals surface area contributed by atoms with E-state index in [0.717, 1.165) is 32.5 Å². The molecule has 1 atom stereocenters. The van der Waals surface area contributed by atoms with Gasteiger partial charge in [0, 0.05) is 75.6 Å². The number of benzene rings is 2. The lowest BCUT2D eigenvalue weighted by atomic mass is 9.44. The van der Waals surface area contributed by atoms with Crippen LogP contribution >= 0.6 is 11.6 Å². The summed E-state index contributed by atoms with van der Waals surface area (Å²) in [5.41, 5.74) is 0.503. The summed E-state index contributed by atoms with van der Waals surface area (Å²) in [5.74, 6) is -4.35. The van der Waals surface area contributed by atoms with Crippen LogP contribution in [-0.4, -0.2) is 107 Å². The molecular formula is C46H51ClF2N8O6. The zero-order chi connectivity index (χ0) is 45.3. The Morgan fingerprint density at radius 2 is 1.56 bits per heavy atom. The van der Waals surface area contributed by atoms with Crippen molar-refractivity contribution >= 4 is 52.6 Å². The number of nitrogens with one attached hydrogen (secondary N) is 1. The van der Waals surface area contributed by atoms with Gasteiger partial charge in [0.05, 0.1) is 44.4 Å². The molecule has 4 amide bonds. The fraction of sp³-hybridized carbons (Fsp3) is 0.522. The molecule has 1 saturated carbocycles. The van der Waals surface area contributed by atoms with Crippen molar-refractivity contribution in [3.63, 3.8) is 0 Å². The third-order valence-corrected chi connectivity index (χ3v) is 14.4. The summed E-state index contributed by atoms with van der Waals surface area (Å²) in [6, 6.07) is 7.05. The van der Waals surface area contributed by atoms with Gasteiger partial charge in [-0.15, -0.1) is 0 Å². The lowest BCUT2D eigenvalue weighted by molar-refractivity contribution is -0.196. The fourth-order valence-corrected chi connectivity index (χ4v) is 11.2. The number of rotatable bonds is 10. The van der Waals surface area contributed by atoms with Gasteiger partial charge in [0.2, 0.25) is 17.8 Å². The van der Waals surface area contributed by atoms with E-state index in [1.807, 2.05) is 13.8 Å². The molecule has 1 aliphatic carbocycles. The van der Waals surface area contributed by atoms with Gasteiger partial charge in [-0.05, 0) is 63.1 Å². The van der Waals surface area contributed by atoms with Crippen LogP contribution < -0.4 is 19.9 Å². The maximum atomic E-state index is 15.5. The number of fused-ring (bicyclic) bond motifs is 1. The van der Waals surface area contributed by atoms with Crippen LogP contribution in [0.3, 0.4) is 0 Å². The number of nitrogens with zero attached hydrogens (tertiary/aromatic N) is 7. The number of hydrogen-bond acceptors (Lipinski definition) is 12. The molecule has 4 aliphatic heterocycles. The Kier molecular flexibility index (Phi) is 11.6. The van der Waals surface area contributed by atoms with Crippen molar-refractivity contribution in [3.8, 4) is 11.8 Å². The molecule has 5 aliphatic rings. The zero-order valence-corrected chi connectivity index (χ0v) is 37.1. The first-order valence-electron chi connectivity index (χ1n) is 21.5. The molecule has 3 saturated heterocycles. The molecule has 332 valence electrons. The van der Waals surface area contributed by atoms with Crippen LogP contribution in [0.4, 0.5) is 20.4 Å². The minimum absolute atomic E-state index is 0.00503. The number of piperidine rings is 2. The third-order valence-electron chi connectivity index (χ3n) is 14.1. The van der Waals surface area contributed by atoms with Crippen molar-refractivity contribution in [1.29, 1.82) is 5.26 Å². The molecule has 1 aromatic heterocycles. The van der Waals surface area contributed by atoms with E-state index in [1.165, 1.54) is 6.07 Å². The zero-order valence-electron chi connectivity index (χ0n) is 36.3. The number of Topliss-reactive ketones (excluding diaryl/α,β-unsaturated/α-hetero) is 1. The predicted octanol–water partition coefficient (Wildman–Crippen LogP) is 6.04. The van der Waals surface area contributed by atoms with Crippen LogP contribution in [-0.2, 0) is 9.59 Å². The van der Waals surface area contributed by atoms with Crippen molar-refractivity contribution in [2.75, 3.05) is 55.6 Å². The van der Waals surface area contributed by atoms with E-state index in [-0.39, 0.29) is 52.7 Å². The summed E-state index contributed by atoms with van der Waals surface area (Å²) >= 11 is 6.27. The maximum Gasteiger partial charge on any atom is 0.265 e. The highest BCUT2D eigenvalue weighted by atomic mass is 35.5. The Hall–Kier alpha value is -5.53. The second-order valence-electron chi connectivity index (χ2n) is 18.8. The first-order valence-corrected chi connectivity index (χ1v) is 21.9. The Morgan fingerprint density at radius 3 is 2.16 bits per heavy atom. The highest BCUT2D eigenvalue weighted by Gasteiger charge is 2.63. The van der Waals surface area contributed by atoms with Gasteiger partial charge in [-0.25, -0.2) is 18.7 Å². The highest BCUT2D eigenvalue weighted by Crippen LogP contribution is 2.62. The van der Waals surface area contributed by atoms with Crippen molar-refractivity contribution in [3.05, 3.63) is 74.6 Å². The molecule has 0 spiro atoms. The average molecular weight is 885 g/mol. The monoisotopic (exact) mass is 884 g/mol. The summed E-state index contributed by atoms with van der Waals surface area (Å²) < 4.78 is 37.4. The Balaban J connectivity index is 0.838. The molecule has 0 radical (unpaired) electrons. The number of amides is 4. The van der Waals surface area contributed by atoms with Crippen molar-refractivity contribution < 1.29 is 37.5 Å². The fourth-order valence-electron chi connectivity index (χ4n) is 11.0. The van der Waals surface area contributed by atoms with Gasteiger partial charge < -0.3 is 14.5 Å². The van der Waals surface area contributed by atoms with Crippen LogP contribution in [0.1, 0.15) is 108 Å². The van der Waals surface area contributed by atoms with Gasteiger partial charge in [-0.3, -0.25) is 39.1 Å². The standard InChI is InChI=1S/C46H51ClF2N8O6/c1-24-36(33(58)21-34-45(3,4)43(46(34,5)6)63-28-8-7-27(22-50)30(47)19-28)25(2)52-44(51-24)56-13-11-26(12-14-56)23-54-15-17-55(18-16-54)32-20-29-37(39(49)38(32)48)42(62)57(41(29)61)31-9-10-35(59)53-40(31)60/h7-8,19-20,26,31,34,43H,9-18,21,23H2,1-6H3,(H,53,59,60). The minimum Gasteiger partial charge on any atom is -0.489 e. The molecule has 1 unspecified atom stereocenters. The molecule has 17 heteroatoms. The van der Waals surface area contributed by atoms with Gasteiger partial charge >= 0.3 is 0 Å². The molecule has 0 bridgehead atoms. The summed E-state index contributed by atoms with van der Waals surface area (Å²) in [7, 11) is 0. The van der Waals surface area contributed by atoms with Crippen molar-refractivity contribution in [2.45, 2.75) is 85.8 Å². The van der Waals surface area contributed by atoms with Gasteiger partial charge in [0.1, 0.15) is 24.0 Å². The highest BCUT2D eigenvalue weighted by molar-refractivity contribution is 6.31. The van der Waals surface area contributed by atoms with Crippen LogP contribution in [0, 0.1) is 59.5 Å². The Bertz CT molecular complexity index is 2440. The molecule has 14 nitrogen and oxygen atoms in total. The topological polar surface area (TPSA) is 169 Å². The molecule has 8 rings (SSSR count). The van der Waals surface area contributed by atoms with E-state index in [0.29, 0.717) is 82.7 Å². The van der Waals surface area contributed by atoms with Crippen LogP contribution in [0.5, 0.6) is 5.75 Å². The molecule has 3 aromatic rings. The second-order valence-corrected chi connectivity index (χ2v) is 19.2. The van der Waals surface area contributed by atoms with E-state index in [4.69, 9.17) is 26.3 Å². The largest absolute Gasteiger partial charge is 0.489 e.